The van der Waals surface area contributed by atoms with Gasteiger partial charge in [0.15, 0.2) is 0 Å². The second kappa shape index (κ2) is 9.19. The van der Waals surface area contributed by atoms with Crippen molar-refractivity contribution in [1.82, 2.24) is 10.2 Å². The molecule has 1 N–H and O–H groups in total. The van der Waals surface area contributed by atoms with Crippen LogP contribution in [0.3, 0.4) is 0 Å². The van der Waals surface area contributed by atoms with Crippen molar-refractivity contribution < 1.29 is 9.72 Å². The summed E-state index contributed by atoms with van der Waals surface area (Å²) in [5.74, 6) is 0.207. The zero-order chi connectivity index (χ0) is 18.2. The maximum atomic E-state index is 12.1. The molecule has 0 aromatic heterocycles. The lowest BCUT2D eigenvalue weighted by atomic mass is 10.1. The van der Waals surface area contributed by atoms with E-state index in [0.29, 0.717) is 6.54 Å². The van der Waals surface area contributed by atoms with Gasteiger partial charge in [-0.25, -0.2) is 0 Å². The largest absolute Gasteiger partial charge is 0.353 e. The highest BCUT2D eigenvalue weighted by molar-refractivity contribution is 8.00. The molecule has 0 aliphatic carbocycles. The molecule has 0 radical (unpaired) electrons. The van der Waals surface area contributed by atoms with Gasteiger partial charge in [-0.1, -0.05) is 30.3 Å². The number of benzene rings is 2. The van der Waals surface area contributed by atoms with Gasteiger partial charge in [0.25, 0.3) is 5.69 Å². The number of hydrogen-bond acceptors (Lipinski definition) is 5. The van der Waals surface area contributed by atoms with Gasteiger partial charge in [-0.05, 0) is 31.8 Å². The fourth-order valence-electron chi connectivity index (χ4n) is 2.35. The lowest BCUT2D eigenvalue weighted by molar-refractivity contribution is -0.384. The molecule has 2 aromatic carbocycles. The van der Waals surface area contributed by atoms with Crippen molar-refractivity contribution in [2.45, 2.75) is 10.9 Å². The van der Waals surface area contributed by atoms with Gasteiger partial charge in [-0.2, -0.15) is 0 Å². The Bertz CT molecular complexity index is 705. The quantitative estimate of drug-likeness (QED) is 0.445. The molecule has 25 heavy (non-hydrogen) atoms. The van der Waals surface area contributed by atoms with Gasteiger partial charge in [-0.15, -0.1) is 11.8 Å². The van der Waals surface area contributed by atoms with Gasteiger partial charge < -0.3 is 10.2 Å². The molecule has 2 rings (SSSR count). The molecule has 0 heterocycles. The average Bonchev–Trinajstić information content (AvgIpc) is 2.61. The van der Waals surface area contributed by atoms with Crippen LogP contribution in [0.15, 0.2) is 59.5 Å². The van der Waals surface area contributed by atoms with Crippen molar-refractivity contribution in [3.63, 3.8) is 0 Å². The molecule has 0 saturated heterocycles. The van der Waals surface area contributed by atoms with E-state index >= 15 is 0 Å². The summed E-state index contributed by atoms with van der Waals surface area (Å²) in [6, 6.07) is 16.3. The molecule has 2 aromatic rings. The summed E-state index contributed by atoms with van der Waals surface area (Å²) < 4.78 is 0. The van der Waals surface area contributed by atoms with Crippen molar-refractivity contribution in [3.05, 3.63) is 70.3 Å². The van der Waals surface area contributed by atoms with Crippen molar-refractivity contribution in [3.8, 4) is 0 Å². The Morgan fingerprint density at radius 3 is 2.36 bits per heavy atom. The predicted octanol–water partition coefficient (Wildman–Crippen LogP) is 3.11. The predicted molar refractivity (Wildman–Crippen MR) is 99.7 cm³/mol. The molecule has 6 nitrogen and oxygen atoms in total. The number of carbonyl (C=O) groups is 1. The van der Waals surface area contributed by atoms with Gasteiger partial charge in [-0.3, -0.25) is 14.9 Å². The van der Waals surface area contributed by atoms with Crippen LogP contribution in [0.4, 0.5) is 5.69 Å². The topological polar surface area (TPSA) is 75.5 Å². The number of nitro groups is 1. The Kier molecular flexibility index (Phi) is 6.97. The van der Waals surface area contributed by atoms with Crippen molar-refractivity contribution in [2.24, 2.45) is 0 Å². The first-order chi connectivity index (χ1) is 12.0. The van der Waals surface area contributed by atoms with Crippen molar-refractivity contribution >= 4 is 23.4 Å². The Hall–Kier alpha value is -2.38. The third-order valence-corrected chi connectivity index (χ3v) is 4.73. The highest BCUT2D eigenvalue weighted by Crippen LogP contribution is 2.21. The fraction of sp³-hybridized carbons (Fsp3) is 0.278. The van der Waals surface area contributed by atoms with E-state index in [0.717, 1.165) is 10.5 Å². The molecular formula is C18H21N3O3S. The van der Waals surface area contributed by atoms with Crippen LogP contribution >= 0.6 is 11.8 Å². The molecule has 0 bridgehead atoms. The van der Waals surface area contributed by atoms with Crippen LogP contribution < -0.4 is 5.32 Å². The molecule has 7 heteroatoms. The summed E-state index contributed by atoms with van der Waals surface area (Å²) >= 11 is 1.36. The molecule has 0 aliphatic rings. The molecular weight excluding hydrogens is 338 g/mol. The van der Waals surface area contributed by atoms with Crippen LogP contribution in [0.1, 0.15) is 11.6 Å². The van der Waals surface area contributed by atoms with E-state index in [1.165, 1.54) is 23.9 Å². The number of rotatable bonds is 8. The maximum Gasteiger partial charge on any atom is 0.269 e. The SMILES string of the molecule is CN(C)[C@@H](CNC(=O)CSc1ccc([N+](=O)[O-])cc1)c1ccccc1. The monoisotopic (exact) mass is 359 g/mol. The summed E-state index contributed by atoms with van der Waals surface area (Å²) in [5, 5.41) is 13.6. The molecule has 1 atom stereocenters. The number of thioether (sulfide) groups is 1. The average molecular weight is 359 g/mol. The van der Waals surface area contributed by atoms with E-state index in [1.807, 2.05) is 44.4 Å². The summed E-state index contributed by atoms with van der Waals surface area (Å²) in [6.45, 7) is 0.524. The van der Waals surface area contributed by atoms with Crippen LogP contribution in [0.2, 0.25) is 0 Å². The van der Waals surface area contributed by atoms with Crippen LogP contribution in [-0.2, 0) is 4.79 Å². The summed E-state index contributed by atoms with van der Waals surface area (Å²) in [7, 11) is 3.96. The molecule has 0 saturated carbocycles. The molecule has 0 aliphatic heterocycles. The number of carbonyl (C=O) groups excluding carboxylic acids is 1. The van der Waals surface area contributed by atoms with Gasteiger partial charge >= 0.3 is 0 Å². The van der Waals surface area contributed by atoms with Crippen molar-refractivity contribution in [1.29, 1.82) is 0 Å². The first-order valence-corrected chi connectivity index (χ1v) is 8.81. The smallest absolute Gasteiger partial charge is 0.269 e. The standard InChI is InChI=1S/C18H21N3O3S/c1-20(2)17(14-6-4-3-5-7-14)12-19-18(22)13-25-16-10-8-15(9-11-16)21(23)24/h3-11,17H,12-13H2,1-2H3,(H,19,22)/t17-/m0/s1. The van der Waals surface area contributed by atoms with Crippen LogP contribution in [0, 0.1) is 10.1 Å². The number of likely N-dealkylation sites (N-methyl/N-ethyl adjacent to an activating group) is 1. The number of nitro benzene ring substituents is 1. The van der Waals surface area contributed by atoms with Gasteiger partial charge in [0.2, 0.25) is 5.91 Å². The van der Waals surface area contributed by atoms with E-state index in [-0.39, 0.29) is 23.4 Å². The minimum Gasteiger partial charge on any atom is -0.353 e. The van der Waals surface area contributed by atoms with Gasteiger partial charge in [0, 0.05) is 23.6 Å². The normalized spacial score (nSPS) is 12.0. The number of nitrogens with one attached hydrogen (secondary N) is 1. The Labute approximate surface area is 151 Å². The fourth-order valence-corrected chi connectivity index (χ4v) is 3.08. The van der Waals surface area contributed by atoms with E-state index in [4.69, 9.17) is 0 Å². The Morgan fingerprint density at radius 2 is 1.80 bits per heavy atom. The van der Waals surface area contributed by atoms with Crippen LogP contribution in [-0.4, -0.2) is 42.1 Å². The molecule has 0 unspecified atom stereocenters. The molecule has 132 valence electrons. The highest BCUT2D eigenvalue weighted by Gasteiger charge is 2.15. The summed E-state index contributed by atoms with van der Waals surface area (Å²) in [5.41, 5.74) is 1.20. The van der Waals surface area contributed by atoms with Gasteiger partial charge in [0.05, 0.1) is 16.7 Å². The Balaban J connectivity index is 1.84. The third-order valence-electron chi connectivity index (χ3n) is 3.72. The van der Waals surface area contributed by atoms with E-state index < -0.39 is 4.92 Å². The second-order valence-corrected chi connectivity index (χ2v) is 6.78. The van der Waals surface area contributed by atoms with E-state index in [1.54, 1.807) is 12.1 Å². The van der Waals surface area contributed by atoms with Crippen LogP contribution in [0.5, 0.6) is 0 Å². The lowest BCUT2D eigenvalue weighted by Crippen LogP contribution is -2.35. The van der Waals surface area contributed by atoms with E-state index in [9.17, 15) is 14.9 Å². The molecule has 0 fully saturated rings. The Morgan fingerprint density at radius 1 is 1.16 bits per heavy atom. The first kappa shape index (κ1) is 19.0. The summed E-state index contributed by atoms with van der Waals surface area (Å²) in [6.07, 6.45) is 0. The molecule has 0 spiro atoms. The maximum absolute atomic E-state index is 12.1. The second-order valence-electron chi connectivity index (χ2n) is 5.73. The zero-order valence-electron chi connectivity index (χ0n) is 14.2. The van der Waals surface area contributed by atoms with Gasteiger partial charge in [0.1, 0.15) is 0 Å². The third kappa shape index (κ3) is 5.88. The number of amides is 1. The minimum atomic E-state index is -0.438. The summed E-state index contributed by atoms with van der Waals surface area (Å²) in [4.78, 5) is 25.2. The number of nitrogens with zero attached hydrogens (tertiary/aromatic N) is 2. The number of hydrogen-bond donors (Lipinski definition) is 1. The lowest BCUT2D eigenvalue weighted by Gasteiger charge is -2.25. The highest BCUT2D eigenvalue weighted by atomic mass is 32.2. The molecule has 1 amide bonds. The van der Waals surface area contributed by atoms with E-state index in [2.05, 4.69) is 10.2 Å². The first-order valence-electron chi connectivity index (χ1n) is 7.82. The zero-order valence-corrected chi connectivity index (χ0v) is 15.0. The van der Waals surface area contributed by atoms with Crippen LogP contribution in [0.25, 0.3) is 0 Å². The number of non-ortho nitro benzene ring substituents is 1. The minimum absolute atomic E-state index is 0.0467. The van der Waals surface area contributed by atoms with Crippen molar-refractivity contribution in [2.75, 3.05) is 26.4 Å².